The third-order valence-corrected chi connectivity index (χ3v) is 11.3. The van der Waals surface area contributed by atoms with Crippen molar-refractivity contribution in [1.29, 1.82) is 5.41 Å². The number of carbonyl (C=O) groups is 1. The summed E-state index contributed by atoms with van der Waals surface area (Å²) in [5.74, 6) is 2.08. The summed E-state index contributed by atoms with van der Waals surface area (Å²) >= 11 is 0. The Bertz CT molecular complexity index is 2000. The van der Waals surface area contributed by atoms with Gasteiger partial charge < -0.3 is 25.3 Å². The van der Waals surface area contributed by atoms with E-state index < -0.39 is 0 Å². The molecule has 0 bridgehead atoms. The standard InChI is InChI=1S/C43H58N10O2/c1-30-12-8-9-23-52(30)42-49-48-40-20-17-33(29-53(40)42)55-37-19-18-36(34-15-6-7-16-35(34)37)46-41(54)47-39(27-38(44)43(2,3)4)45-32-14-10-13-31(26-32)28-51-22-11-21-50(5)24-25-51/h6-7,10,13-17,20,26,29-30,36-37,44H,8-9,11-12,18-19,21-25,27-28H2,1-5H3,(H2,45,46,47,54). The summed E-state index contributed by atoms with van der Waals surface area (Å²) in [6.45, 7) is 14.4. The van der Waals surface area contributed by atoms with Crippen molar-refractivity contribution >= 4 is 34.9 Å². The van der Waals surface area contributed by atoms with Crippen LogP contribution in [0, 0.1) is 10.8 Å². The minimum absolute atomic E-state index is 0.171. The molecule has 12 nitrogen and oxygen atoms in total. The zero-order valence-corrected chi connectivity index (χ0v) is 33.2. The molecular weight excluding hydrogens is 689 g/mol. The number of benzene rings is 2. The minimum Gasteiger partial charge on any atom is -0.484 e. The van der Waals surface area contributed by atoms with Crippen LogP contribution in [0.2, 0.25) is 0 Å². The van der Waals surface area contributed by atoms with Crippen LogP contribution in [0.3, 0.4) is 0 Å². The summed E-state index contributed by atoms with van der Waals surface area (Å²) in [5.41, 5.74) is 5.00. The second-order valence-electron chi connectivity index (χ2n) is 16.7. The number of urea groups is 1. The highest BCUT2D eigenvalue weighted by Crippen LogP contribution is 2.39. The number of amidine groups is 1. The van der Waals surface area contributed by atoms with Crippen LogP contribution in [0.25, 0.3) is 5.65 Å². The number of likely N-dealkylation sites (N-methyl/N-ethyl adjacent to an activating group) is 1. The molecule has 0 saturated carbocycles. The number of amides is 2. The topological polar surface area (TPSA) is 126 Å². The van der Waals surface area contributed by atoms with Gasteiger partial charge in [-0.15, -0.1) is 10.2 Å². The number of rotatable bonds is 9. The highest BCUT2D eigenvalue weighted by atomic mass is 16.5. The molecule has 3 unspecified atom stereocenters. The van der Waals surface area contributed by atoms with Crippen molar-refractivity contribution in [1.82, 2.24) is 35.0 Å². The number of fused-ring (bicyclic) bond motifs is 2. The van der Waals surface area contributed by atoms with E-state index in [9.17, 15) is 4.79 Å². The van der Waals surface area contributed by atoms with E-state index in [-0.39, 0.29) is 30.0 Å². The predicted molar refractivity (Wildman–Crippen MR) is 220 cm³/mol. The van der Waals surface area contributed by atoms with Crippen molar-refractivity contribution in [2.24, 2.45) is 10.4 Å². The third kappa shape index (κ3) is 9.53. The van der Waals surface area contributed by atoms with Gasteiger partial charge in [0, 0.05) is 44.4 Å². The number of pyridine rings is 1. The molecule has 1 aliphatic carbocycles. The molecule has 292 valence electrons. The van der Waals surface area contributed by atoms with Gasteiger partial charge in [-0.1, -0.05) is 57.2 Å². The lowest BCUT2D eigenvalue weighted by Gasteiger charge is -2.33. The summed E-state index contributed by atoms with van der Waals surface area (Å²) < 4.78 is 8.73. The molecule has 2 aromatic heterocycles. The number of ether oxygens (including phenoxy) is 1. The molecule has 4 aromatic rings. The molecule has 12 heteroatoms. The van der Waals surface area contributed by atoms with Crippen LogP contribution >= 0.6 is 0 Å². The van der Waals surface area contributed by atoms with E-state index in [0.717, 1.165) is 99.1 Å². The molecular formula is C43H58N10O2. The van der Waals surface area contributed by atoms with Crippen molar-refractivity contribution < 1.29 is 9.53 Å². The van der Waals surface area contributed by atoms with E-state index in [1.54, 1.807) is 0 Å². The van der Waals surface area contributed by atoms with Gasteiger partial charge in [-0.25, -0.2) is 9.79 Å². The van der Waals surface area contributed by atoms with E-state index in [2.05, 4.69) is 73.8 Å². The van der Waals surface area contributed by atoms with Crippen LogP contribution in [-0.4, -0.2) is 87.8 Å². The number of hydrogen-bond donors (Lipinski definition) is 3. The van der Waals surface area contributed by atoms with Crippen LogP contribution in [0.15, 0.2) is 71.9 Å². The van der Waals surface area contributed by atoms with Gasteiger partial charge in [0.15, 0.2) is 5.65 Å². The van der Waals surface area contributed by atoms with Crippen LogP contribution in [0.1, 0.15) is 101 Å². The molecule has 2 saturated heterocycles. The van der Waals surface area contributed by atoms with E-state index >= 15 is 0 Å². The first kappa shape index (κ1) is 38.5. The van der Waals surface area contributed by atoms with Crippen molar-refractivity contribution in [3.05, 3.63) is 83.6 Å². The van der Waals surface area contributed by atoms with Crippen molar-refractivity contribution in [3.8, 4) is 5.75 Å². The van der Waals surface area contributed by atoms with E-state index in [1.807, 2.05) is 67.8 Å². The summed E-state index contributed by atoms with van der Waals surface area (Å²) in [6, 6.07) is 20.3. The predicted octanol–water partition coefficient (Wildman–Crippen LogP) is 7.69. The van der Waals surface area contributed by atoms with Crippen LogP contribution < -0.4 is 20.3 Å². The fourth-order valence-corrected chi connectivity index (χ4v) is 7.97. The Kier molecular flexibility index (Phi) is 11.8. The van der Waals surface area contributed by atoms with Gasteiger partial charge in [0.05, 0.1) is 17.9 Å². The van der Waals surface area contributed by atoms with Crippen molar-refractivity contribution in [3.63, 3.8) is 0 Å². The molecule has 2 amide bonds. The Labute approximate surface area is 325 Å². The quantitative estimate of drug-likeness (QED) is 0.119. The van der Waals surface area contributed by atoms with Crippen LogP contribution in [-0.2, 0) is 6.54 Å². The maximum atomic E-state index is 13.8. The molecule has 3 atom stereocenters. The number of hydrogen-bond acceptors (Lipinski definition) is 9. The summed E-state index contributed by atoms with van der Waals surface area (Å²) in [4.78, 5) is 25.9. The maximum absolute atomic E-state index is 13.8. The Morgan fingerprint density at radius 3 is 2.58 bits per heavy atom. The molecule has 55 heavy (non-hydrogen) atoms. The molecule has 0 radical (unpaired) electrons. The molecule has 2 fully saturated rings. The molecule has 3 N–H and O–H groups in total. The smallest absolute Gasteiger partial charge is 0.320 e. The number of aliphatic imine (C=N–C) groups is 1. The van der Waals surface area contributed by atoms with Gasteiger partial charge in [0.25, 0.3) is 0 Å². The summed E-state index contributed by atoms with van der Waals surface area (Å²) in [7, 11) is 2.19. The van der Waals surface area contributed by atoms with Gasteiger partial charge >= 0.3 is 6.03 Å². The fourth-order valence-electron chi connectivity index (χ4n) is 7.97. The van der Waals surface area contributed by atoms with Gasteiger partial charge in [-0.3, -0.25) is 14.6 Å². The van der Waals surface area contributed by atoms with Gasteiger partial charge in [-0.05, 0) is 112 Å². The van der Waals surface area contributed by atoms with Crippen molar-refractivity contribution in [2.45, 2.75) is 97.4 Å². The number of aromatic nitrogens is 3. The fraction of sp³-hybridized carbons (Fsp3) is 0.512. The van der Waals surface area contributed by atoms with E-state index in [0.29, 0.717) is 24.0 Å². The second kappa shape index (κ2) is 16.9. The molecule has 4 heterocycles. The molecule has 2 aromatic carbocycles. The normalized spacial score (nSPS) is 21.5. The monoisotopic (exact) mass is 746 g/mol. The highest BCUT2D eigenvalue weighted by Gasteiger charge is 2.30. The molecule has 7 rings (SSSR count). The zero-order valence-electron chi connectivity index (χ0n) is 33.2. The number of nitrogens with zero attached hydrogens (tertiary/aromatic N) is 7. The second-order valence-corrected chi connectivity index (χ2v) is 16.7. The zero-order chi connectivity index (χ0) is 38.5. The lowest BCUT2D eigenvalue weighted by molar-refractivity contribution is 0.171. The first-order chi connectivity index (χ1) is 26.5. The first-order valence-corrected chi connectivity index (χ1v) is 20.1. The Balaban J connectivity index is 1.05. The Morgan fingerprint density at radius 2 is 1.76 bits per heavy atom. The third-order valence-electron chi connectivity index (χ3n) is 11.3. The average Bonchev–Trinajstić information content (AvgIpc) is 3.46. The van der Waals surface area contributed by atoms with Gasteiger partial charge in [-0.2, -0.15) is 0 Å². The van der Waals surface area contributed by atoms with E-state index in [1.165, 1.54) is 12.0 Å². The number of piperidine rings is 1. The molecule has 0 spiro atoms. The number of carbonyl (C=O) groups excluding carboxylic acids is 1. The largest absolute Gasteiger partial charge is 0.484 e. The maximum Gasteiger partial charge on any atom is 0.320 e. The number of anilines is 1. The molecule has 2 aliphatic heterocycles. The Morgan fingerprint density at radius 1 is 0.927 bits per heavy atom. The summed E-state index contributed by atoms with van der Waals surface area (Å²) in [6.07, 6.45) is 8.22. The Hall–Kier alpha value is -4.81. The first-order valence-electron chi connectivity index (χ1n) is 20.1. The lowest BCUT2D eigenvalue weighted by atomic mass is 9.85. The summed E-state index contributed by atoms with van der Waals surface area (Å²) in [5, 5.41) is 24.1. The van der Waals surface area contributed by atoms with Crippen LogP contribution in [0.5, 0.6) is 5.75 Å². The average molecular weight is 747 g/mol. The van der Waals surface area contributed by atoms with E-state index in [4.69, 9.17) is 15.1 Å². The van der Waals surface area contributed by atoms with Crippen molar-refractivity contribution in [2.75, 3.05) is 44.7 Å². The lowest BCUT2D eigenvalue weighted by Crippen LogP contribution is -2.43. The van der Waals surface area contributed by atoms with Gasteiger partial charge in [0.2, 0.25) is 5.95 Å². The molecule has 3 aliphatic rings. The highest BCUT2D eigenvalue weighted by molar-refractivity contribution is 6.09. The van der Waals surface area contributed by atoms with Gasteiger partial charge in [0.1, 0.15) is 17.7 Å². The minimum atomic E-state index is -0.357. The van der Waals surface area contributed by atoms with Crippen LogP contribution in [0.4, 0.5) is 16.4 Å². The SMILES string of the molecule is CC1CCCCN1c1nnc2ccc(OC3CCC(NC(=O)NC(CC(=N)C(C)(C)C)=Nc4cccc(CN5CCCN(C)CC5)c4)c4ccccc43)cn12. The number of nitrogens with one attached hydrogen (secondary N) is 3.